The van der Waals surface area contributed by atoms with Gasteiger partial charge in [-0.1, -0.05) is 218 Å². The van der Waals surface area contributed by atoms with Gasteiger partial charge in [0.25, 0.3) is 0 Å². The number of hydrogen-bond acceptors (Lipinski definition) is 3. The number of rotatable bonds is 8. The summed E-state index contributed by atoms with van der Waals surface area (Å²) in [6, 6.07) is 90.1. The Labute approximate surface area is 399 Å². The molecule has 0 aliphatic rings. The zero-order chi connectivity index (χ0) is 45.5. The number of fused-ring (bicyclic) bond motifs is 9. The molecule has 14 aromatic rings. The molecule has 0 aliphatic heterocycles. The smallest absolute Gasteiger partial charge is 0.238 e. The van der Waals surface area contributed by atoms with Crippen LogP contribution in [0.15, 0.2) is 249 Å². The summed E-state index contributed by atoms with van der Waals surface area (Å²) in [5.74, 6) is 1.78. The van der Waals surface area contributed by atoms with Crippen molar-refractivity contribution in [2.45, 2.75) is 0 Å². The van der Waals surface area contributed by atoms with E-state index < -0.39 is 8.07 Å². The number of aromatic nitrogens is 5. The second-order valence-corrected chi connectivity index (χ2v) is 21.7. The fourth-order valence-electron chi connectivity index (χ4n) is 11.3. The lowest BCUT2D eigenvalue weighted by Gasteiger charge is -2.34. The highest BCUT2D eigenvalue weighted by Gasteiger charge is 2.41. The predicted octanol–water partition coefficient (Wildman–Crippen LogP) is 12.5. The van der Waals surface area contributed by atoms with Crippen LogP contribution < -0.4 is 20.7 Å². The fourth-order valence-corrected chi connectivity index (χ4v) is 16.1. The van der Waals surface area contributed by atoms with E-state index in [-0.39, 0.29) is 0 Å². The molecular formula is C63H41N5Si. The maximum atomic E-state index is 5.51. The summed E-state index contributed by atoms with van der Waals surface area (Å²) < 4.78 is 4.64. The van der Waals surface area contributed by atoms with Gasteiger partial charge in [0.1, 0.15) is 0 Å². The highest BCUT2D eigenvalue weighted by molar-refractivity contribution is 7.19. The normalized spacial score (nSPS) is 12.1. The van der Waals surface area contributed by atoms with E-state index >= 15 is 0 Å². The zero-order valence-electron chi connectivity index (χ0n) is 37.4. The van der Waals surface area contributed by atoms with Crippen molar-refractivity contribution in [3.63, 3.8) is 0 Å². The molecule has 0 aliphatic carbocycles. The molecule has 4 heterocycles. The fraction of sp³-hybridized carbons (Fsp3) is 0. The molecule has 0 amide bonds. The Hall–Kier alpha value is -8.97. The maximum Gasteiger partial charge on any atom is 0.238 e. The molecule has 0 spiro atoms. The van der Waals surface area contributed by atoms with Crippen molar-refractivity contribution in [2.75, 3.05) is 0 Å². The topological polar surface area (TPSA) is 48.0 Å². The largest absolute Gasteiger partial charge is 0.308 e. The van der Waals surface area contributed by atoms with E-state index in [4.69, 9.17) is 15.0 Å². The van der Waals surface area contributed by atoms with Crippen molar-refractivity contribution in [3.05, 3.63) is 249 Å². The lowest BCUT2D eigenvalue weighted by atomic mass is 9.97. The van der Waals surface area contributed by atoms with Crippen LogP contribution in [-0.2, 0) is 0 Å². The molecule has 6 heteroatoms. The number of benzene rings is 10. The van der Waals surface area contributed by atoms with E-state index in [9.17, 15) is 0 Å². The predicted molar refractivity (Wildman–Crippen MR) is 289 cm³/mol. The standard InChI is InChI=1S/C63H41N5Si/c1-4-21-44(22-5-1)69(45-23-6-2-7-24-45,46-25-8-3-9-26-46)47-27-18-20-43(40-47)61-64-62(66-63(65-61)68-57-36-16-12-29-49(57)50-30-13-17-37-58(50)68)54-32-11-10-28-48(54)42-38-39-59-55(41-42)53-34-19-33-52-51-31-14-15-35-56(51)67(59)60(52)53/h1-41H. The maximum absolute atomic E-state index is 5.51. The van der Waals surface area contributed by atoms with Crippen LogP contribution in [0.2, 0.25) is 0 Å². The summed E-state index contributed by atoms with van der Waals surface area (Å²) in [4.78, 5) is 16.5. The van der Waals surface area contributed by atoms with E-state index in [1.165, 1.54) is 58.8 Å². The third kappa shape index (κ3) is 5.92. The van der Waals surface area contributed by atoms with Gasteiger partial charge in [-0.3, -0.25) is 4.57 Å². The molecule has 0 unspecified atom stereocenters. The summed E-state index contributed by atoms with van der Waals surface area (Å²) in [5, 5.41) is 12.5. The van der Waals surface area contributed by atoms with Crippen molar-refractivity contribution in [2.24, 2.45) is 0 Å². The second kappa shape index (κ2) is 15.6. The van der Waals surface area contributed by atoms with Gasteiger partial charge >= 0.3 is 0 Å². The highest BCUT2D eigenvalue weighted by Crippen LogP contribution is 2.41. The van der Waals surface area contributed by atoms with Gasteiger partial charge in [0, 0.05) is 43.4 Å². The zero-order valence-corrected chi connectivity index (χ0v) is 38.4. The van der Waals surface area contributed by atoms with Crippen molar-refractivity contribution in [3.8, 4) is 39.9 Å². The van der Waals surface area contributed by atoms with Crippen LogP contribution in [-0.4, -0.2) is 32.0 Å². The summed E-state index contributed by atoms with van der Waals surface area (Å²) >= 11 is 0. The SMILES string of the molecule is c1ccc([Si](c2ccccc2)(c2ccccc2)c2cccc(-c3nc(-c4ccccc4-c4ccc5c(c4)c4cccc6c7ccccc7n5c64)nc(-n4c5ccccc5c5ccccc54)n3)c2)cc1. The van der Waals surface area contributed by atoms with Crippen molar-refractivity contribution >= 4 is 88.7 Å². The van der Waals surface area contributed by atoms with Gasteiger partial charge in [-0.15, -0.1) is 0 Å². The molecule has 69 heavy (non-hydrogen) atoms. The molecule has 0 saturated heterocycles. The third-order valence-electron chi connectivity index (χ3n) is 14.3. The summed E-state index contributed by atoms with van der Waals surface area (Å²) in [6.45, 7) is 0. The number of nitrogens with zero attached hydrogens (tertiary/aromatic N) is 5. The minimum Gasteiger partial charge on any atom is -0.308 e. The summed E-state index contributed by atoms with van der Waals surface area (Å²) in [7, 11) is -2.87. The lowest BCUT2D eigenvalue weighted by molar-refractivity contribution is 0.954. The third-order valence-corrected chi connectivity index (χ3v) is 19.1. The van der Waals surface area contributed by atoms with Crippen LogP contribution >= 0.6 is 0 Å². The van der Waals surface area contributed by atoms with Gasteiger partial charge in [0.15, 0.2) is 19.7 Å². The first-order valence-corrected chi connectivity index (χ1v) is 25.5. The van der Waals surface area contributed by atoms with Crippen molar-refractivity contribution < 1.29 is 0 Å². The molecule has 322 valence electrons. The molecule has 10 aromatic carbocycles. The monoisotopic (exact) mass is 895 g/mol. The first kappa shape index (κ1) is 39.2. The molecule has 0 saturated carbocycles. The molecule has 14 rings (SSSR count). The Morgan fingerprint density at radius 1 is 0.290 bits per heavy atom. The molecule has 5 nitrogen and oxygen atoms in total. The average Bonchev–Trinajstić information content (AvgIpc) is 4.07. The minimum atomic E-state index is -2.87. The van der Waals surface area contributed by atoms with E-state index in [0.29, 0.717) is 17.6 Å². The summed E-state index contributed by atoms with van der Waals surface area (Å²) in [5.41, 5.74) is 9.77. The van der Waals surface area contributed by atoms with Gasteiger partial charge in [0.05, 0.1) is 27.6 Å². The van der Waals surface area contributed by atoms with Crippen LogP contribution in [0.3, 0.4) is 0 Å². The van der Waals surface area contributed by atoms with Gasteiger partial charge in [0.2, 0.25) is 5.95 Å². The Balaban J connectivity index is 1.01. The Morgan fingerprint density at radius 3 is 1.39 bits per heavy atom. The number of hydrogen-bond donors (Lipinski definition) is 0. The lowest BCUT2D eigenvalue weighted by Crippen LogP contribution is -2.74. The van der Waals surface area contributed by atoms with Crippen LogP contribution in [0.25, 0.3) is 99.8 Å². The molecule has 4 aromatic heterocycles. The highest BCUT2D eigenvalue weighted by atomic mass is 28.3. The molecular weight excluding hydrogens is 855 g/mol. The van der Waals surface area contributed by atoms with E-state index in [1.54, 1.807) is 0 Å². The molecule has 0 radical (unpaired) electrons. The average molecular weight is 896 g/mol. The molecule has 0 fully saturated rings. The van der Waals surface area contributed by atoms with Crippen LogP contribution in [0.5, 0.6) is 0 Å². The molecule has 0 N–H and O–H groups in total. The van der Waals surface area contributed by atoms with Crippen LogP contribution in [0.4, 0.5) is 0 Å². The first-order valence-electron chi connectivity index (χ1n) is 23.5. The van der Waals surface area contributed by atoms with Gasteiger partial charge < -0.3 is 4.40 Å². The Morgan fingerprint density at radius 2 is 0.754 bits per heavy atom. The first-order chi connectivity index (χ1) is 34.2. The van der Waals surface area contributed by atoms with Gasteiger partial charge in [-0.2, -0.15) is 9.97 Å². The molecule has 0 atom stereocenters. The number of para-hydroxylation sites is 4. The quantitative estimate of drug-likeness (QED) is 0.113. The van der Waals surface area contributed by atoms with Gasteiger partial charge in [-0.05, 0) is 62.2 Å². The van der Waals surface area contributed by atoms with Gasteiger partial charge in [-0.25, -0.2) is 4.98 Å². The van der Waals surface area contributed by atoms with Crippen molar-refractivity contribution in [1.82, 2.24) is 23.9 Å². The van der Waals surface area contributed by atoms with E-state index in [2.05, 4.69) is 258 Å². The molecule has 0 bridgehead atoms. The minimum absolute atomic E-state index is 0.567. The van der Waals surface area contributed by atoms with Crippen LogP contribution in [0.1, 0.15) is 0 Å². The Bertz CT molecular complexity index is 4100. The van der Waals surface area contributed by atoms with Crippen LogP contribution in [0, 0.1) is 0 Å². The Kier molecular flexibility index (Phi) is 8.84. The summed E-state index contributed by atoms with van der Waals surface area (Å²) in [6.07, 6.45) is 0. The van der Waals surface area contributed by atoms with E-state index in [0.717, 1.165) is 44.1 Å². The van der Waals surface area contributed by atoms with E-state index in [1.807, 2.05) is 0 Å². The van der Waals surface area contributed by atoms with Crippen molar-refractivity contribution in [1.29, 1.82) is 0 Å². The second-order valence-electron chi connectivity index (χ2n) is 17.9.